The van der Waals surface area contributed by atoms with Crippen LogP contribution in [0.5, 0.6) is 0 Å². The number of hydrogen-bond acceptors (Lipinski definition) is 4. The first-order valence-electron chi connectivity index (χ1n) is 22.6. The Balaban J connectivity index is 0.00000433. The molecular weight excluding hydrogens is 962 g/mol. The summed E-state index contributed by atoms with van der Waals surface area (Å²) in [5.41, 5.74) is 12.2. The van der Waals surface area contributed by atoms with Crippen molar-refractivity contribution in [3.63, 3.8) is 0 Å². The fourth-order valence-corrected chi connectivity index (χ4v) is 12.6. The van der Waals surface area contributed by atoms with Crippen LogP contribution in [0.15, 0.2) is 188 Å². The van der Waals surface area contributed by atoms with Gasteiger partial charge in [-0.25, -0.2) is 4.98 Å². The minimum absolute atomic E-state index is 0. The van der Waals surface area contributed by atoms with E-state index in [0.717, 1.165) is 73.9 Å². The molecule has 0 atom stereocenters. The fraction of sp³-hybridized carbons (Fsp3) is 0.172. The molecule has 0 radical (unpaired) electrons. The second kappa shape index (κ2) is 15.7. The summed E-state index contributed by atoms with van der Waals surface area (Å²) >= 11 is 0. The molecule has 4 aliphatic carbocycles. The zero-order chi connectivity index (χ0) is 41.5. The number of aromatic nitrogens is 2. The van der Waals surface area contributed by atoms with Gasteiger partial charge in [0.05, 0.1) is 0 Å². The van der Waals surface area contributed by atoms with E-state index in [4.69, 9.17) is 4.98 Å². The molecular formula is C58H46N5Pt-3. The number of hydrogen-bond donors (Lipinski definition) is 0. The molecule has 14 rings (SSSR count). The molecule has 4 fully saturated rings. The number of fused-ring (bicyclic) bond motifs is 4. The van der Waals surface area contributed by atoms with E-state index in [9.17, 15) is 0 Å². The Morgan fingerprint density at radius 1 is 0.547 bits per heavy atom. The topological polar surface area (TPSA) is 27.5 Å². The van der Waals surface area contributed by atoms with Crippen LogP contribution in [0.3, 0.4) is 0 Å². The van der Waals surface area contributed by atoms with Gasteiger partial charge in [0.15, 0.2) is 0 Å². The van der Waals surface area contributed by atoms with Gasteiger partial charge in [0.2, 0.25) is 0 Å². The second-order valence-electron chi connectivity index (χ2n) is 18.2. The molecule has 4 saturated carbocycles. The summed E-state index contributed by atoms with van der Waals surface area (Å²) in [7, 11) is 0. The molecule has 5 aliphatic rings. The quantitative estimate of drug-likeness (QED) is 0.142. The van der Waals surface area contributed by atoms with Crippen LogP contribution in [-0.4, -0.2) is 9.55 Å². The maximum atomic E-state index is 5.22. The average Bonchev–Trinajstić information content (AvgIpc) is 3.89. The van der Waals surface area contributed by atoms with Gasteiger partial charge in [0, 0.05) is 60.9 Å². The summed E-state index contributed by atoms with van der Waals surface area (Å²) < 4.78 is 2.37. The molecule has 0 saturated heterocycles. The summed E-state index contributed by atoms with van der Waals surface area (Å²) in [4.78, 5) is 12.0. The largest absolute Gasteiger partial charge is 0.493 e. The van der Waals surface area contributed by atoms with Crippen LogP contribution in [0.4, 0.5) is 39.8 Å². The Morgan fingerprint density at radius 3 is 1.94 bits per heavy atom. The molecule has 6 heteroatoms. The van der Waals surface area contributed by atoms with Crippen LogP contribution in [-0.2, 0) is 26.5 Å². The molecule has 2 aromatic heterocycles. The minimum Gasteiger partial charge on any atom is -0.493 e. The molecule has 316 valence electrons. The summed E-state index contributed by atoms with van der Waals surface area (Å²) in [5.74, 6) is 3.97. The van der Waals surface area contributed by atoms with Crippen LogP contribution in [0.25, 0.3) is 27.6 Å². The first-order valence-corrected chi connectivity index (χ1v) is 22.6. The van der Waals surface area contributed by atoms with Crippen molar-refractivity contribution >= 4 is 61.6 Å². The summed E-state index contributed by atoms with van der Waals surface area (Å²) in [6, 6.07) is 73.5. The van der Waals surface area contributed by atoms with E-state index in [2.05, 4.69) is 226 Å². The van der Waals surface area contributed by atoms with E-state index >= 15 is 0 Å². The van der Waals surface area contributed by atoms with Crippen molar-refractivity contribution in [2.24, 2.45) is 23.7 Å². The average molecular weight is 1010 g/mol. The number of rotatable bonds is 8. The molecule has 0 amide bonds. The van der Waals surface area contributed by atoms with Gasteiger partial charge in [-0.2, -0.15) is 12.1 Å². The molecule has 0 unspecified atom stereocenters. The van der Waals surface area contributed by atoms with E-state index in [-0.39, 0.29) is 26.5 Å². The van der Waals surface area contributed by atoms with Crippen LogP contribution in [0.1, 0.15) is 43.2 Å². The molecule has 1 aliphatic heterocycles. The molecule has 3 heterocycles. The third-order valence-electron chi connectivity index (χ3n) is 14.9. The third-order valence-corrected chi connectivity index (χ3v) is 14.9. The van der Waals surface area contributed by atoms with Crippen molar-refractivity contribution < 1.29 is 21.1 Å². The van der Waals surface area contributed by atoms with Gasteiger partial charge >= 0.3 is 0 Å². The van der Waals surface area contributed by atoms with Gasteiger partial charge in [-0.15, -0.1) is 48.1 Å². The van der Waals surface area contributed by atoms with Gasteiger partial charge < -0.3 is 19.3 Å². The molecule has 9 aromatic rings. The summed E-state index contributed by atoms with van der Waals surface area (Å²) in [5, 5.41) is 2.35. The molecule has 0 N–H and O–H groups in total. The third kappa shape index (κ3) is 6.11. The molecule has 0 spiro atoms. The van der Waals surface area contributed by atoms with Gasteiger partial charge in [0.25, 0.3) is 0 Å². The van der Waals surface area contributed by atoms with Crippen molar-refractivity contribution in [1.82, 2.24) is 9.55 Å². The standard InChI is InChI=1S/C58H46N5.Pt/c1-4-15-42(16-5-1)58(44-32-40-31-41(34-44)35-45(58)33-40)43-29-30-59-57(36-43)63-53-24-11-10-23-51(53)52-28-27-50(38-56(52)63)62(47-19-8-3-9-20-47)49-22-14-21-48(37-49)61-39-60(46-17-6-2-7-18-46)54-25-12-13-26-55(54)61;/h1-30,36,39-41,44-45H,31-35H2;/q-3;. The molecule has 64 heavy (non-hydrogen) atoms. The first kappa shape index (κ1) is 39.2. The zero-order valence-electron chi connectivity index (χ0n) is 35.4. The van der Waals surface area contributed by atoms with Crippen molar-refractivity contribution in [3.05, 3.63) is 218 Å². The molecule has 7 aromatic carbocycles. The monoisotopic (exact) mass is 1010 g/mol. The predicted octanol–water partition coefficient (Wildman–Crippen LogP) is 14.4. The van der Waals surface area contributed by atoms with Gasteiger partial charge in [-0.05, 0) is 127 Å². The van der Waals surface area contributed by atoms with E-state index in [1.54, 1.807) is 0 Å². The van der Waals surface area contributed by atoms with Crippen LogP contribution >= 0.6 is 0 Å². The number of para-hydroxylation sites is 5. The number of nitrogens with zero attached hydrogens (tertiary/aromatic N) is 5. The summed E-state index contributed by atoms with van der Waals surface area (Å²) in [6.45, 7) is 2.17. The van der Waals surface area contributed by atoms with Crippen LogP contribution in [0, 0.1) is 42.5 Å². The Labute approximate surface area is 389 Å². The molecule has 5 nitrogen and oxygen atoms in total. The zero-order valence-corrected chi connectivity index (χ0v) is 37.6. The van der Waals surface area contributed by atoms with E-state index in [1.165, 1.54) is 48.6 Å². The van der Waals surface area contributed by atoms with Gasteiger partial charge in [-0.1, -0.05) is 114 Å². The van der Waals surface area contributed by atoms with Crippen LogP contribution < -0.4 is 14.7 Å². The van der Waals surface area contributed by atoms with Gasteiger partial charge in [0.1, 0.15) is 5.82 Å². The van der Waals surface area contributed by atoms with Gasteiger partial charge in [-0.3, -0.25) is 0 Å². The van der Waals surface area contributed by atoms with Crippen molar-refractivity contribution in [1.29, 1.82) is 0 Å². The number of benzene rings is 7. The van der Waals surface area contributed by atoms with Crippen LogP contribution in [0.2, 0.25) is 0 Å². The Kier molecular flexibility index (Phi) is 9.60. The number of pyridine rings is 1. The maximum absolute atomic E-state index is 5.22. The Hall–Kier alpha value is -6.42. The SMILES string of the molecule is [Pt].[c-]1c(N2[CH-]N(c3ccccc3)c3ccccc32)cccc1N(c1[c-]c2c(cc1)c1ccccc1n2-c1cc(C2(c3ccccc3)C3CC4CC(C3)CC2C4)ccn1)c1ccccc1. The van der Waals surface area contributed by atoms with E-state index in [1.807, 2.05) is 0 Å². The Bertz CT molecular complexity index is 3120. The maximum Gasteiger partial charge on any atom is 0.135 e. The first-order chi connectivity index (χ1) is 31.2. The smallest absolute Gasteiger partial charge is 0.135 e. The summed E-state index contributed by atoms with van der Waals surface area (Å²) in [6.07, 6.45) is 8.81. The van der Waals surface area contributed by atoms with E-state index in [0.29, 0.717) is 11.8 Å². The second-order valence-corrected chi connectivity index (χ2v) is 18.2. The van der Waals surface area contributed by atoms with E-state index < -0.39 is 0 Å². The Morgan fingerprint density at radius 2 is 1.19 bits per heavy atom. The predicted molar refractivity (Wildman–Crippen MR) is 257 cm³/mol. The minimum atomic E-state index is -0.0175. The van der Waals surface area contributed by atoms with Crippen molar-refractivity contribution in [2.45, 2.75) is 37.5 Å². The fourth-order valence-electron chi connectivity index (χ4n) is 12.6. The normalized spacial score (nSPS) is 21.9. The molecule has 4 bridgehead atoms. The van der Waals surface area contributed by atoms with Crippen molar-refractivity contribution in [2.75, 3.05) is 14.7 Å². The van der Waals surface area contributed by atoms with Crippen molar-refractivity contribution in [3.8, 4) is 5.82 Å². The number of anilines is 7.